The molecule has 238 valence electrons. The van der Waals surface area contributed by atoms with Crippen molar-refractivity contribution in [2.24, 2.45) is 17.0 Å². The van der Waals surface area contributed by atoms with Crippen molar-refractivity contribution < 1.29 is 32.2 Å². The predicted octanol–water partition coefficient (Wildman–Crippen LogP) is 4.25. The van der Waals surface area contributed by atoms with Crippen LogP contribution in [0.5, 0.6) is 0 Å². The number of unbranched alkanes of at least 4 members (excludes halogenated alkanes) is 1. The lowest BCUT2D eigenvalue weighted by atomic mass is 9.89. The van der Waals surface area contributed by atoms with Crippen molar-refractivity contribution in [2.75, 3.05) is 39.8 Å². The number of piperidine rings is 1. The quantitative estimate of drug-likeness (QED) is 0.146. The first-order chi connectivity index (χ1) is 21.0. The van der Waals surface area contributed by atoms with Gasteiger partial charge in [-0.15, -0.1) is 0 Å². The summed E-state index contributed by atoms with van der Waals surface area (Å²) in [6.07, 6.45) is 8.20. The maximum absolute atomic E-state index is 13.1. The molecule has 2 fully saturated rings. The maximum Gasteiger partial charge on any atom is 0.294 e. The van der Waals surface area contributed by atoms with Gasteiger partial charge in [0.1, 0.15) is 11.9 Å². The number of amides is 1. The summed E-state index contributed by atoms with van der Waals surface area (Å²) in [7, 11) is -2.21. The largest absolute Gasteiger partial charge is 0.411 e. The molecule has 10 nitrogen and oxygen atoms in total. The second kappa shape index (κ2) is 14.9. The summed E-state index contributed by atoms with van der Waals surface area (Å²) >= 11 is 0. The van der Waals surface area contributed by atoms with Crippen LogP contribution in [0.3, 0.4) is 0 Å². The van der Waals surface area contributed by atoms with Gasteiger partial charge < -0.3 is 19.9 Å². The Bertz CT molecular complexity index is 1450. The summed E-state index contributed by atoms with van der Waals surface area (Å²) in [4.78, 5) is 31.6. The van der Waals surface area contributed by atoms with E-state index in [-0.39, 0.29) is 40.3 Å². The molecule has 5 rings (SSSR count). The first-order valence-electron chi connectivity index (χ1n) is 14.9. The SMILES string of the molecule is CN1CC/C(=N/O)C2C=CN(CCCCN3CCC(C(=O)c4ccc(F)cc4)CC3)C2C1=O.Cc1ccc(S(=O)(=O)O)cc1. The van der Waals surface area contributed by atoms with E-state index >= 15 is 0 Å². The van der Waals surface area contributed by atoms with Gasteiger partial charge in [-0.1, -0.05) is 28.9 Å². The van der Waals surface area contributed by atoms with Crippen LogP contribution >= 0.6 is 0 Å². The number of carbonyl (C=O) groups is 2. The monoisotopic (exact) mass is 628 g/mol. The number of fused-ring (bicyclic) bond motifs is 1. The highest BCUT2D eigenvalue weighted by Gasteiger charge is 2.41. The summed E-state index contributed by atoms with van der Waals surface area (Å²) in [6, 6.07) is 11.5. The van der Waals surface area contributed by atoms with Gasteiger partial charge in [0, 0.05) is 44.0 Å². The van der Waals surface area contributed by atoms with Crippen LogP contribution in [0.15, 0.2) is 70.9 Å². The van der Waals surface area contributed by atoms with Gasteiger partial charge in [-0.05, 0) is 94.8 Å². The number of hydrogen-bond acceptors (Lipinski definition) is 8. The number of hydrogen-bond donors (Lipinski definition) is 2. The fourth-order valence-electron chi connectivity index (χ4n) is 5.92. The molecule has 2 saturated heterocycles. The molecule has 1 amide bonds. The molecule has 0 aliphatic carbocycles. The number of rotatable bonds is 8. The minimum atomic E-state index is -4.02. The van der Waals surface area contributed by atoms with Crippen molar-refractivity contribution in [1.29, 1.82) is 0 Å². The van der Waals surface area contributed by atoms with Crippen LogP contribution in [-0.4, -0.2) is 96.1 Å². The highest BCUT2D eigenvalue weighted by Crippen LogP contribution is 2.29. The van der Waals surface area contributed by atoms with Gasteiger partial charge in [-0.2, -0.15) is 8.42 Å². The van der Waals surface area contributed by atoms with Crippen LogP contribution in [0.25, 0.3) is 0 Å². The van der Waals surface area contributed by atoms with Gasteiger partial charge >= 0.3 is 0 Å². The molecule has 2 N–H and O–H groups in total. The lowest BCUT2D eigenvalue weighted by Crippen LogP contribution is -2.46. The molecule has 2 aromatic rings. The molecule has 3 aliphatic rings. The first-order valence-corrected chi connectivity index (χ1v) is 16.4. The Hall–Kier alpha value is -3.61. The number of benzene rings is 2. The summed E-state index contributed by atoms with van der Waals surface area (Å²) in [5, 5.41) is 12.8. The molecule has 2 unspecified atom stereocenters. The molecule has 0 bridgehead atoms. The zero-order valence-electron chi connectivity index (χ0n) is 25.2. The topological polar surface area (TPSA) is 131 Å². The van der Waals surface area contributed by atoms with Crippen molar-refractivity contribution in [2.45, 2.75) is 50.0 Å². The number of likely N-dealkylation sites (tertiary alicyclic amines) is 2. The lowest BCUT2D eigenvalue weighted by molar-refractivity contribution is -0.134. The fraction of sp³-hybridized carbons (Fsp3) is 0.469. The highest BCUT2D eigenvalue weighted by atomic mass is 32.2. The number of ketones is 1. The van der Waals surface area contributed by atoms with Crippen LogP contribution < -0.4 is 0 Å². The Balaban J connectivity index is 0.000000339. The minimum Gasteiger partial charge on any atom is -0.411 e. The van der Waals surface area contributed by atoms with E-state index in [9.17, 15) is 27.6 Å². The average Bonchev–Trinajstić information content (AvgIpc) is 3.38. The third-order valence-corrected chi connectivity index (χ3v) is 9.44. The van der Waals surface area contributed by atoms with Crippen LogP contribution in [0.1, 0.15) is 48.0 Å². The van der Waals surface area contributed by atoms with E-state index in [0.29, 0.717) is 24.2 Å². The van der Waals surface area contributed by atoms with Crippen LogP contribution in [0.4, 0.5) is 4.39 Å². The van der Waals surface area contributed by atoms with E-state index < -0.39 is 10.1 Å². The van der Waals surface area contributed by atoms with E-state index in [0.717, 1.165) is 57.4 Å². The van der Waals surface area contributed by atoms with Crippen LogP contribution in [0, 0.1) is 24.6 Å². The zero-order chi connectivity index (χ0) is 31.9. The van der Waals surface area contributed by atoms with E-state index in [2.05, 4.69) is 15.0 Å². The second-order valence-corrected chi connectivity index (χ2v) is 13.1. The number of Topliss-reactive ketones (excluding diaryl/α,β-unsaturated/α-hetero) is 1. The first kappa shape index (κ1) is 33.3. The molecule has 0 aromatic heterocycles. The van der Waals surface area contributed by atoms with E-state index in [1.807, 2.05) is 19.2 Å². The molecule has 0 spiro atoms. The molecule has 2 aromatic carbocycles. The third-order valence-electron chi connectivity index (χ3n) is 8.57. The molecule has 2 atom stereocenters. The Kier molecular flexibility index (Phi) is 11.3. The lowest BCUT2D eigenvalue weighted by Gasteiger charge is -2.32. The Labute approximate surface area is 258 Å². The van der Waals surface area contributed by atoms with E-state index in [1.165, 1.54) is 24.3 Å². The molecular formula is C32H41FN4O6S. The van der Waals surface area contributed by atoms with Crippen molar-refractivity contribution in [3.8, 4) is 0 Å². The fourth-order valence-corrected chi connectivity index (χ4v) is 6.40. The minimum absolute atomic E-state index is 0.0130. The Morgan fingerprint density at radius 1 is 1.00 bits per heavy atom. The van der Waals surface area contributed by atoms with Crippen molar-refractivity contribution >= 4 is 27.5 Å². The van der Waals surface area contributed by atoms with Crippen molar-refractivity contribution in [3.63, 3.8) is 0 Å². The van der Waals surface area contributed by atoms with Gasteiger partial charge in [0.05, 0.1) is 10.6 Å². The average molecular weight is 629 g/mol. The van der Waals surface area contributed by atoms with Crippen molar-refractivity contribution in [1.82, 2.24) is 14.7 Å². The molecule has 3 aliphatic heterocycles. The molecule has 0 radical (unpaired) electrons. The van der Waals surface area contributed by atoms with E-state index in [4.69, 9.17) is 4.55 Å². The van der Waals surface area contributed by atoms with Gasteiger partial charge in [0.25, 0.3) is 10.1 Å². The number of oxime groups is 1. The summed E-state index contributed by atoms with van der Waals surface area (Å²) in [5.74, 6) is -0.256. The number of halogens is 1. The maximum atomic E-state index is 13.1. The Morgan fingerprint density at radius 2 is 1.64 bits per heavy atom. The molecule has 3 heterocycles. The zero-order valence-corrected chi connectivity index (χ0v) is 26.0. The van der Waals surface area contributed by atoms with Crippen molar-refractivity contribution in [3.05, 3.63) is 77.8 Å². The summed E-state index contributed by atoms with van der Waals surface area (Å²) in [6.45, 7) is 5.97. The van der Waals surface area contributed by atoms with Gasteiger partial charge in [-0.3, -0.25) is 14.1 Å². The summed E-state index contributed by atoms with van der Waals surface area (Å²) < 4.78 is 42.7. The van der Waals surface area contributed by atoms with Gasteiger partial charge in [-0.25, -0.2) is 4.39 Å². The standard InChI is InChI=1S/C25H33FN4O3.C7H8O3S/c1-28-14-11-22(27-33)21-10-17-30(23(21)25(28)32)13-3-2-12-29-15-8-19(9-16-29)24(31)18-4-6-20(26)7-5-18;1-6-2-4-7(5-3-6)11(8,9)10/h4-7,10,17,19,21,23,33H,2-3,8-9,11-16H2,1H3;2-5H,1H3,(H,8,9,10)/b27-22-;. The number of carbonyl (C=O) groups excluding carboxylic acids is 2. The normalized spacial score (nSPS) is 22.0. The molecular weight excluding hydrogens is 587 g/mol. The predicted molar refractivity (Wildman–Crippen MR) is 165 cm³/mol. The van der Waals surface area contributed by atoms with Gasteiger partial charge in [0.15, 0.2) is 5.78 Å². The third kappa shape index (κ3) is 8.52. The molecule has 44 heavy (non-hydrogen) atoms. The summed E-state index contributed by atoms with van der Waals surface area (Å²) in [5.41, 5.74) is 2.23. The molecule has 0 saturated carbocycles. The second-order valence-electron chi connectivity index (χ2n) is 11.6. The molecule has 12 heteroatoms. The number of likely N-dealkylation sites (N-methyl/N-ethyl adjacent to an activating group) is 1. The number of aryl methyl sites for hydroxylation is 1. The smallest absolute Gasteiger partial charge is 0.294 e. The highest BCUT2D eigenvalue weighted by molar-refractivity contribution is 7.85. The van der Waals surface area contributed by atoms with E-state index in [1.54, 1.807) is 36.2 Å². The van der Waals surface area contributed by atoms with Gasteiger partial charge in [0.2, 0.25) is 5.91 Å². The number of nitrogens with zero attached hydrogens (tertiary/aromatic N) is 4. The van der Waals surface area contributed by atoms with Crippen LogP contribution in [-0.2, 0) is 14.9 Å². The van der Waals surface area contributed by atoms with Crippen LogP contribution in [0.2, 0.25) is 0 Å². The Morgan fingerprint density at radius 3 is 2.25 bits per heavy atom.